The molecule has 9 heteroatoms. The van der Waals surface area contributed by atoms with Crippen LogP contribution in [-0.2, 0) is 9.59 Å². The molecule has 1 N–H and O–H groups in total. The maximum absolute atomic E-state index is 12.3. The average molecular weight is 414 g/mol. The van der Waals surface area contributed by atoms with Crippen LogP contribution in [0.5, 0.6) is 5.75 Å². The van der Waals surface area contributed by atoms with E-state index in [-0.39, 0.29) is 46.0 Å². The number of hydrazine groups is 1. The number of rotatable bonds is 3. The molecule has 1 fully saturated rings. The predicted molar refractivity (Wildman–Crippen MR) is 97.7 cm³/mol. The third-order valence-corrected chi connectivity index (χ3v) is 4.35. The van der Waals surface area contributed by atoms with E-state index < -0.39 is 5.97 Å². The Morgan fingerprint density at radius 3 is 2.23 bits per heavy atom. The summed E-state index contributed by atoms with van der Waals surface area (Å²) in [7, 11) is 0. The molecule has 0 aromatic heterocycles. The Labute approximate surface area is 163 Å². The largest absolute Gasteiger partial charge is 0.420 e. The second-order valence-electron chi connectivity index (χ2n) is 5.40. The Kier molecular flexibility index (Phi) is 5.36. The van der Waals surface area contributed by atoms with Crippen molar-refractivity contribution in [2.24, 2.45) is 0 Å². The van der Waals surface area contributed by atoms with Gasteiger partial charge in [-0.15, -0.1) is 0 Å². The van der Waals surface area contributed by atoms with Gasteiger partial charge in [0.05, 0.1) is 21.3 Å². The van der Waals surface area contributed by atoms with Crippen LogP contribution in [0, 0.1) is 0 Å². The number of carbonyl (C=O) groups excluding carboxylic acids is 3. The van der Waals surface area contributed by atoms with Gasteiger partial charge >= 0.3 is 5.97 Å². The minimum Gasteiger partial charge on any atom is -0.420 e. The van der Waals surface area contributed by atoms with Crippen LogP contribution in [0.25, 0.3) is 0 Å². The summed E-state index contributed by atoms with van der Waals surface area (Å²) in [5.74, 6) is -1.17. The van der Waals surface area contributed by atoms with Gasteiger partial charge in [-0.05, 0) is 36.4 Å². The van der Waals surface area contributed by atoms with E-state index >= 15 is 0 Å². The maximum Gasteiger partial charge on any atom is 0.343 e. The zero-order valence-corrected chi connectivity index (χ0v) is 15.4. The quantitative estimate of drug-likeness (QED) is 0.609. The number of esters is 1. The van der Waals surface area contributed by atoms with Crippen molar-refractivity contribution in [2.75, 3.05) is 5.01 Å². The monoisotopic (exact) mass is 412 g/mol. The van der Waals surface area contributed by atoms with Crippen LogP contribution >= 0.6 is 34.8 Å². The SMILES string of the molecule is O=C1CCC(=O)N(c2ccc(C(=O)Oc3c(Cl)cc(Cl)cc3Cl)cc2)N1. The van der Waals surface area contributed by atoms with Crippen molar-refractivity contribution < 1.29 is 19.1 Å². The molecule has 0 unspecified atom stereocenters. The molecule has 0 saturated carbocycles. The van der Waals surface area contributed by atoms with E-state index in [2.05, 4.69) is 5.43 Å². The van der Waals surface area contributed by atoms with Gasteiger partial charge in [-0.1, -0.05) is 34.8 Å². The molecule has 1 aliphatic heterocycles. The Hall–Kier alpha value is -2.28. The Balaban J connectivity index is 1.77. The van der Waals surface area contributed by atoms with E-state index in [1.807, 2.05) is 0 Å². The van der Waals surface area contributed by atoms with E-state index in [0.29, 0.717) is 10.7 Å². The Morgan fingerprint density at radius 2 is 1.62 bits per heavy atom. The van der Waals surface area contributed by atoms with E-state index in [4.69, 9.17) is 39.5 Å². The molecule has 2 aromatic rings. The molecule has 0 atom stereocenters. The summed E-state index contributed by atoms with van der Waals surface area (Å²) in [4.78, 5) is 35.6. The second kappa shape index (κ2) is 7.53. The summed E-state index contributed by atoms with van der Waals surface area (Å²) in [6.45, 7) is 0. The van der Waals surface area contributed by atoms with Gasteiger partial charge in [0.2, 0.25) is 11.8 Å². The minimum atomic E-state index is -0.684. The molecule has 134 valence electrons. The van der Waals surface area contributed by atoms with Crippen molar-refractivity contribution in [3.63, 3.8) is 0 Å². The fraction of sp³-hybridized carbons (Fsp3) is 0.118. The number of benzene rings is 2. The first-order valence-electron chi connectivity index (χ1n) is 7.44. The highest BCUT2D eigenvalue weighted by atomic mass is 35.5. The van der Waals surface area contributed by atoms with Gasteiger partial charge in [-0.25, -0.2) is 9.80 Å². The number of anilines is 1. The normalized spacial score (nSPS) is 14.2. The van der Waals surface area contributed by atoms with Crippen LogP contribution in [0.3, 0.4) is 0 Å². The first kappa shape index (κ1) is 18.5. The van der Waals surface area contributed by atoms with Crippen molar-refractivity contribution in [2.45, 2.75) is 12.8 Å². The molecule has 6 nitrogen and oxygen atoms in total. The number of hydrogen-bond donors (Lipinski definition) is 1. The lowest BCUT2D eigenvalue weighted by molar-refractivity contribution is -0.130. The zero-order valence-electron chi connectivity index (χ0n) is 13.1. The number of nitrogens with zero attached hydrogens (tertiary/aromatic N) is 1. The van der Waals surface area contributed by atoms with Crippen LogP contribution in [-0.4, -0.2) is 17.8 Å². The lowest BCUT2D eigenvalue weighted by atomic mass is 10.1. The van der Waals surface area contributed by atoms with Gasteiger partial charge in [0.15, 0.2) is 5.75 Å². The summed E-state index contributed by atoms with van der Waals surface area (Å²) < 4.78 is 5.23. The predicted octanol–water partition coefficient (Wildman–Crippen LogP) is 4.02. The van der Waals surface area contributed by atoms with Gasteiger partial charge in [0.1, 0.15) is 0 Å². The summed E-state index contributed by atoms with van der Waals surface area (Å²) in [5.41, 5.74) is 3.12. The summed E-state index contributed by atoms with van der Waals surface area (Å²) in [5, 5.41) is 1.68. The highest BCUT2D eigenvalue weighted by molar-refractivity contribution is 6.40. The molecule has 0 spiro atoms. The van der Waals surface area contributed by atoms with Gasteiger partial charge in [-0.2, -0.15) is 0 Å². The molecular formula is C17H11Cl3N2O4. The molecule has 1 saturated heterocycles. The smallest absolute Gasteiger partial charge is 0.343 e. The first-order chi connectivity index (χ1) is 12.3. The van der Waals surface area contributed by atoms with E-state index in [0.717, 1.165) is 5.01 Å². The van der Waals surface area contributed by atoms with E-state index in [9.17, 15) is 14.4 Å². The third-order valence-electron chi connectivity index (χ3n) is 3.57. The van der Waals surface area contributed by atoms with Crippen LogP contribution in [0.4, 0.5) is 5.69 Å². The summed E-state index contributed by atoms with van der Waals surface area (Å²) in [6.07, 6.45) is 0.283. The van der Waals surface area contributed by atoms with Crippen molar-refractivity contribution in [1.29, 1.82) is 0 Å². The molecule has 0 aliphatic carbocycles. The zero-order chi connectivity index (χ0) is 18.8. The van der Waals surface area contributed by atoms with E-state index in [1.165, 1.54) is 36.4 Å². The summed E-state index contributed by atoms with van der Waals surface area (Å²) >= 11 is 17.8. The molecule has 0 radical (unpaired) electrons. The highest BCUT2D eigenvalue weighted by Gasteiger charge is 2.24. The van der Waals surface area contributed by atoms with Gasteiger partial charge in [0, 0.05) is 17.9 Å². The Bertz CT molecular complexity index is 876. The third kappa shape index (κ3) is 3.93. The van der Waals surface area contributed by atoms with Crippen molar-refractivity contribution in [3.8, 4) is 5.75 Å². The lowest BCUT2D eigenvalue weighted by Crippen LogP contribution is -2.50. The molecule has 2 amide bonds. The van der Waals surface area contributed by atoms with Crippen LogP contribution < -0.4 is 15.2 Å². The average Bonchev–Trinajstić information content (AvgIpc) is 2.60. The number of amides is 2. The van der Waals surface area contributed by atoms with Crippen molar-refractivity contribution in [3.05, 3.63) is 57.0 Å². The van der Waals surface area contributed by atoms with Gasteiger partial charge in [-0.3, -0.25) is 15.0 Å². The van der Waals surface area contributed by atoms with Gasteiger partial charge in [0.25, 0.3) is 0 Å². The lowest BCUT2D eigenvalue weighted by Gasteiger charge is -2.27. The molecule has 1 aliphatic rings. The molecule has 1 heterocycles. The van der Waals surface area contributed by atoms with Crippen LogP contribution in [0.2, 0.25) is 15.1 Å². The molecule has 26 heavy (non-hydrogen) atoms. The topological polar surface area (TPSA) is 75.7 Å². The number of nitrogens with one attached hydrogen (secondary N) is 1. The van der Waals surface area contributed by atoms with E-state index in [1.54, 1.807) is 0 Å². The number of halogens is 3. The Morgan fingerprint density at radius 1 is 1.00 bits per heavy atom. The molecular weight excluding hydrogens is 403 g/mol. The highest BCUT2D eigenvalue weighted by Crippen LogP contribution is 2.36. The van der Waals surface area contributed by atoms with Crippen LogP contribution in [0.15, 0.2) is 36.4 Å². The fourth-order valence-electron chi connectivity index (χ4n) is 2.31. The molecule has 3 rings (SSSR count). The number of carbonyl (C=O) groups is 3. The van der Waals surface area contributed by atoms with Crippen molar-refractivity contribution in [1.82, 2.24) is 5.43 Å². The fourth-order valence-corrected chi connectivity index (χ4v) is 3.20. The van der Waals surface area contributed by atoms with Gasteiger partial charge < -0.3 is 4.74 Å². The maximum atomic E-state index is 12.3. The minimum absolute atomic E-state index is 0.00489. The van der Waals surface area contributed by atoms with Crippen LogP contribution in [0.1, 0.15) is 23.2 Å². The summed E-state index contributed by atoms with van der Waals surface area (Å²) in [6, 6.07) is 8.78. The molecule has 2 aromatic carbocycles. The number of ether oxygens (including phenoxy) is 1. The first-order valence-corrected chi connectivity index (χ1v) is 8.58. The second-order valence-corrected chi connectivity index (χ2v) is 6.65. The number of hydrogen-bond acceptors (Lipinski definition) is 4. The van der Waals surface area contributed by atoms with Crippen molar-refractivity contribution >= 4 is 58.3 Å². The standard InChI is InChI=1S/C17H11Cl3N2O4/c18-10-7-12(19)16(13(20)8-10)26-17(25)9-1-3-11(4-2-9)22-15(24)6-5-14(23)21-22/h1-4,7-8H,5-6H2,(H,21,23). The molecule has 0 bridgehead atoms.